The second-order valence-corrected chi connectivity index (χ2v) is 8.36. The molecule has 1 atom stereocenters. The largest absolute Gasteiger partial charge is 0.337 e. The molecule has 5 nitrogen and oxygen atoms in total. The average molecular weight is 406 g/mol. The van der Waals surface area contributed by atoms with Crippen LogP contribution < -0.4 is 4.90 Å². The molecule has 30 heavy (non-hydrogen) atoms. The normalized spacial score (nSPS) is 20.0. The van der Waals surface area contributed by atoms with Crippen LogP contribution in [0.1, 0.15) is 37.3 Å². The number of benzene rings is 2. The SMILES string of the molecule is CC[C@H]1CN(Cc2ccccc2)CCN1C(=O)Cc1ccc(N2CCCC2=O)cc1. The lowest BCUT2D eigenvalue weighted by molar-refractivity contribution is -0.135. The van der Waals surface area contributed by atoms with Crippen LogP contribution in [0.2, 0.25) is 0 Å². The first kappa shape index (κ1) is 20.6. The van der Waals surface area contributed by atoms with Crippen molar-refractivity contribution in [3.63, 3.8) is 0 Å². The van der Waals surface area contributed by atoms with Crippen molar-refractivity contribution < 1.29 is 9.59 Å². The molecule has 2 aliphatic heterocycles. The van der Waals surface area contributed by atoms with E-state index in [1.807, 2.05) is 35.2 Å². The Morgan fingerprint density at radius 3 is 2.40 bits per heavy atom. The predicted molar refractivity (Wildman–Crippen MR) is 119 cm³/mol. The minimum absolute atomic E-state index is 0.193. The third-order valence-corrected chi connectivity index (χ3v) is 6.28. The molecule has 2 saturated heterocycles. The van der Waals surface area contributed by atoms with Crippen molar-refractivity contribution in [1.82, 2.24) is 9.80 Å². The summed E-state index contributed by atoms with van der Waals surface area (Å²) in [5.41, 5.74) is 3.27. The predicted octanol–water partition coefficient (Wildman–Crippen LogP) is 3.48. The van der Waals surface area contributed by atoms with Crippen molar-refractivity contribution in [2.75, 3.05) is 31.1 Å². The highest BCUT2D eigenvalue weighted by Gasteiger charge is 2.29. The first-order chi connectivity index (χ1) is 14.6. The average Bonchev–Trinajstić information content (AvgIpc) is 3.20. The highest BCUT2D eigenvalue weighted by molar-refractivity contribution is 5.95. The summed E-state index contributed by atoms with van der Waals surface area (Å²) in [5, 5.41) is 0. The Balaban J connectivity index is 1.34. The molecule has 2 aliphatic rings. The van der Waals surface area contributed by atoms with Gasteiger partial charge < -0.3 is 9.80 Å². The molecular weight excluding hydrogens is 374 g/mol. The Labute approximate surface area is 179 Å². The Morgan fingerprint density at radius 2 is 1.73 bits per heavy atom. The Morgan fingerprint density at radius 1 is 0.967 bits per heavy atom. The maximum atomic E-state index is 13.0. The van der Waals surface area contributed by atoms with Gasteiger partial charge in [-0.05, 0) is 36.1 Å². The lowest BCUT2D eigenvalue weighted by atomic mass is 10.1. The Kier molecular flexibility index (Phi) is 6.48. The number of hydrogen-bond acceptors (Lipinski definition) is 3. The van der Waals surface area contributed by atoms with Gasteiger partial charge in [0.15, 0.2) is 0 Å². The number of amides is 2. The van der Waals surface area contributed by atoms with Gasteiger partial charge in [0.2, 0.25) is 11.8 Å². The van der Waals surface area contributed by atoms with E-state index >= 15 is 0 Å². The maximum Gasteiger partial charge on any atom is 0.227 e. The van der Waals surface area contributed by atoms with Crippen LogP contribution in [0.15, 0.2) is 54.6 Å². The number of rotatable bonds is 6. The van der Waals surface area contributed by atoms with Gasteiger partial charge in [-0.3, -0.25) is 14.5 Å². The number of carbonyl (C=O) groups excluding carboxylic acids is 2. The van der Waals surface area contributed by atoms with E-state index in [0.29, 0.717) is 12.8 Å². The molecule has 158 valence electrons. The summed E-state index contributed by atoms with van der Waals surface area (Å²) in [7, 11) is 0. The van der Waals surface area contributed by atoms with Crippen molar-refractivity contribution in [3.8, 4) is 0 Å². The molecule has 4 rings (SSSR count). The van der Waals surface area contributed by atoms with Crippen LogP contribution >= 0.6 is 0 Å². The quantitative estimate of drug-likeness (QED) is 0.739. The van der Waals surface area contributed by atoms with Crippen LogP contribution in [0.3, 0.4) is 0 Å². The number of carbonyl (C=O) groups is 2. The Bertz CT molecular complexity index is 866. The zero-order valence-corrected chi connectivity index (χ0v) is 17.8. The van der Waals surface area contributed by atoms with Gasteiger partial charge in [0.05, 0.1) is 6.42 Å². The maximum absolute atomic E-state index is 13.0. The van der Waals surface area contributed by atoms with Crippen molar-refractivity contribution in [2.45, 2.75) is 45.2 Å². The fraction of sp³-hybridized carbons (Fsp3) is 0.440. The Hall–Kier alpha value is -2.66. The van der Waals surface area contributed by atoms with Gasteiger partial charge in [-0.15, -0.1) is 0 Å². The van der Waals surface area contributed by atoms with E-state index in [1.165, 1.54) is 5.56 Å². The molecule has 0 unspecified atom stereocenters. The molecule has 0 radical (unpaired) electrons. The fourth-order valence-corrected chi connectivity index (χ4v) is 4.57. The first-order valence-corrected chi connectivity index (χ1v) is 11.1. The second kappa shape index (κ2) is 9.43. The number of hydrogen-bond donors (Lipinski definition) is 0. The molecule has 0 saturated carbocycles. The summed E-state index contributed by atoms with van der Waals surface area (Å²) in [4.78, 5) is 31.3. The van der Waals surface area contributed by atoms with E-state index in [0.717, 1.165) is 56.8 Å². The highest BCUT2D eigenvalue weighted by Crippen LogP contribution is 2.22. The molecule has 5 heteroatoms. The third kappa shape index (κ3) is 4.73. The molecule has 0 spiro atoms. The van der Waals surface area contributed by atoms with E-state index in [4.69, 9.17) is 0 Å². The van der Waals surface area contributed by atoms with Crippen molar-refractivity contribution in [2.24, 2.45) is 0 Å². The second-order valence-electron chi connectivity index (χ2n) is 8.36. The summed E-state index contributed by atoms with van der Waals surface area (Å²) < 4.78 is 0. The lowest BCUT2D eigenvalue weighted by Gasteiger charge is -2.41. The summed E-state index contributed by atoms with van der Waals surface area (Å²) in [6, 6.07) is 18.7. The van der Waals surface area contributed by atoms with E-state index in [1.54, 1.807) is 0 Å². The van der Waals surface area contributed by atoms with Gasteiger partial charge in [0.1, 0.15) is 0 Å². The van der Waals surface area contributed by atoms with Gasteiger partial charge in [0, 0.05) is 50.9 Å². The molecule has 2 aromatic carbocycles. The lowest BCUT2D eigenvalue weighted by Crippen LogP contribution is -2.55. The third-order valence-electron chi connectivity index (χ3n) is 6.28. The molecule has 0 N–H and O–H groups in total. The minimum Gasteiger partial charge on any atom is -0.337 e. The summed E-state index contributed by atoms with van der Waals surface area (Å²) in [6.45, 7) is 6.52. The molecule has 2 amide bonds. The van der Waals surface area contributed by atoms with E-state index in [2.05, 4.69) is 41.0 Å². The van der Waals surface area contributed by atoms with Crippen molar-refractivity contribution in [3.05, 3.63) is 65.7 Å². The van der Waals surface area contributed by atoms with Gasteiger partial charge in [-0.2, -0.15) is 0 Å². The van der Waals surface area contributed by atoms with Crippen LogP contribution in [0.4, 0.5) is 5.69 Å². The fourth-order valence-electron chi connectivity index (χ4n) is 4.57. The number of nitrogens with zero attached hydrogens (tertiary/aromatic N) is 3. The van der Waals surface area contributed by atoms with Gasteiger partial charge in [0.25, 0.3) is 0 Å². The number of piperazine rings is 1. The van der Waals surface area contributed by atoms with E-state index in [9.17, 15) is 9.59 Å². The molecule has 0 bridgehead atoms. The van der Waals surface area contributed by atoms with Crippen LogP contribution in [0.5, 0.6) is 0 Å². The van der Waals surface area contributed by atoms with Crippen LogP contribution in [0.25, 0.3) is 0 Å². The summed E-state index contributed by atoms with van der Waals surface area (Å²) in [6.07, 6.45) is 2.94. The van der Waals surface area contributed by atoms with Crippen molar-refractivity contribution >= 4 is 17.5 Å². The highest BCUT2D eigenvalue weighted by atomic mass is 16.2. The van der Waals surface area contributed by atoms with Crippen LogP contribution in [0, 0.1) is 0 Å². The van der Waals surface area contributed by atoms with Gasteiger partial charge in [-0.25, -0.2) is 0 Å². The monoisotopic (exact) mass is 405 g/mol. The smallest absolute Gasteiger partial charge is 0.227 e. The van der Waals surface area contributed by atoms with Crippen LogP contribution in [-0.4, -0.2) is 53.8 Å². The molecule has 2 aromatic rings. The molecule has 2 fully saturated rings. The van der Waals surface area contributed by atoms with Gasteiger partial charge in [-0.1, -0.05) is 49.4 Å². The molecule has 0 aromatic heterocycles. The van der Waals surface area contributed by atoms with Crippen molar-refractivity contribution in [1.29, 1.82) is 0 Å². The summed E-state index contributed by atoms with van der Waals surface area (Å²) in [5.74, 6) is 0.393. The first-order valence-electron chi connectivity index (χ1n) is 11.1. The molecule has 0 aliphatic carbocycles. The zero-order chi connectivity index (χ0) is 20.9. The molecule has 2 heterocycles. The number of anilines is 1. The minimum atomic E-state index is 0.193. The topological polar surface area (TPSA) is 43.9 Å². The van der Waals surface area contributed by atoms with Crippen LogP contribution in [-0.2, 0) is 22.6 Å². The van der Waals surface area contributed by atoms with Gasteiger partial charge >= 0.3 is 0 Å². The standard InChI is InChI=1S/C25H31N3O2/c1-2-22-19-26(18-21-7-4-3-5-8-21)15-16-28(22)25(30)17-20-10-12-23(13-11-20)27-14-6-9-24(27)29/h3-5,7-8,10-13,22H,2,6,9,14-19H2,1H3/t22-/m0/s1. The van der Waals surface area contributed by atoms with E-state index in [-0.39, 0.29) is 17.9 Å². The summed E-state index contributed by atoms with van der Waals surface area (Å²) >= 11 is 0. The van der Waals surface area contributed by atoms with E-state index < -0.39 is 0 Å². The zero-order valence-electron chi connectivity index (χ0n) is 17.8. The molecular formula is C25H31N3O2.